The number of amides is 1. The first-order valence-corrected chi connectivity index (χ1v) is 9.43. The molecule has 0 fully saturated rings. The lowest BCUT2D eigenvalue weighted by atomic mass is 10.1. The van der Waals surface area contributed by atoms with Crippen LogP contribution in [0.15, 0.2) is 84.9 Å². The number of para-hydroxylation sites is 1. The Morgan fingerprint density at radius 3 is 2.00 bits per heavy atom. The first kappa shape index (κ1) is 17.9. The molecule has 5 heteroatoms. The van der Waals surface area contributed by atoms with Crippen molar-refractivity contribution in [1.29, 1.82) is 0 Å². The Morgan fingerprint density at radius 2 is 1.36 bits per heavy atom. The van der Waals surface area contributed by atoms with Crippen LogP contribution >= 0.6 is 0 Å². The van der Waals surface area contributed by atoms with E-state index in [1.165, 1.54) is 0 Å². The van der Waals surface area contributed by atoms with Crippen LogP contribution in [0.25, 0.3) is 11.0 Å². The van der Waals surface area contributed by atoms with E-state index in [0.29, 0.717) is 26.1 Å². The molecule has 0 saturated heterocycles. The third-order valence-corrected chi connectivity index (χ3v) is 4.74. The van der Waals surface area contributed by atoms with E-state index in [2.05, 4.69) is 34.6 Å². The smallest absolute Gasteiger partial charge is 0.225 e. The molecular weight excluding hydrogens is 348 g/mol. The monoisotopic (exact) mass is 370 g/mol. The van der Waals surface area contributed by atoms with Crippen LogP contribution in [0.4, 0.5) is 0 Å². The molecule has 4 aromatic rings. The summed E-state index contributed by atoms with van der Waals surface area (Å²) >= 11 is 0. The normalized spacial score (nSPS) is 10.9. The molecule has 3 aromatic carbocycles. The first-order valence-electron chi connectivity index (χ1n) is 9.43. The summed E-state index contributed by atoms with van der Waals surface area (Å²) in [7, 11) is 0. The number of aromatic nitrogens is 3. The van der Waals surface area contributed by atoms with Crippen molar-refractivity contribution >= 4 is 16.9 Å². The summed E-state index contributed by atoms with van der Waals surface area (Å²) in [4.78, 5) is 15.0. The van der Waals surface area contributed by atoms with Crippen LogP contribution in [-0.2, 0) is 24.4 Å². The lowest BCUT2D eigenvalue weighted by Crippen LogP contribution is -2.30. The number of nitrogens with zero attached hydrogens (tertiary/aromatic N) is 4. The number of benzene rings is 3. The maximum atomic E-state index is 13.0. The molecule has 1 heterocycles. The zero-order chi connectivity index (χ0) is 19.2. The molecule has 0 bridgehead atoms. The van der Waals surface area contributed by atoms with Crippen molar-refractivity contribution in [3.63, 3.8) is 0 Å². The van der Waals surface area contributed by atoms with Gasteiger partial charge >= 0.3 is 0 Å². The van der Waals surface area contributed by atoms with Crippen molar-refractivity contribution in [2.24, 2.45) is 0 Å². The Kier molecular flexibility index (Phi) is 5.43. The van der Waals surface area contributed by atoms with Crippen LogP contribution < -0.4 is 0 Å². The lowest BCUT2D eigenvalue weighted by Gasteiger charge is -2.23. The van der Waals surface area contributed by atoms with Gasteiger partial charge < -0.3 is 4.90 Å². The zero-order valence-electron chi connectivity index (χ0n) is 15.6. The predicted molar refractivity (Wildman–Crippen MR) is 109 cm³/mol. The van der Waals surface area contributed by atoms with Crippen molar-refractivity contribution in [2.75, 3.05) is 0 Å². The van der Waals surface area contributed by atoms with Gasteiger partial charge in [-0.3, -0.25) is 4.79 Å². The molecule has 140 valence electrons. The van der Waals surface area contributed by atoms with Gasteiger partial charge in [-0.05, 0) is 23.3 Å². The summed E-state index contributed by atoms with van der Waals surface area (Å²) in [5.74, 6) is 0.104. The molecular formula is C23H22N4O. The summed E-state index contributed by atoms with van der Waals surface area (Å²) in [5.41, 5.74) is 4.05. The first-order chi connectivity index (χ1) is 13.8. The fourth-order valence-corrected chi connectivity index (χ4v) is 3.28. The highest BCUT2D eigenvalue weighted by atomic mass is 16.2. The van der Waals surface area contributed by atoms with Crippen LogP contribution in [0.5, 0.6) is 0 Å². The van der Waals surface area contributed by atoms with Gasteiger partial charge in [0, 0.05) is 19.5 Å². The molecule has 4 rings (SSSR count). The molecule has 0 saturated carbocycles. The van der Waals surface area contributed by atoms with Gasteiger partial charge in [0.15, 0.2) is 0 Å². The molecule has 0 aliphatic carbocycles. The highest BCUT2D eigenvalue weighted by molar-refractivity contribution is 5.77. The van der Waals surface area contributed by atoms with E-state index >= 15 is 0 Å². The molecule has 0 atom stereocenters. The summed E-state index contributed by atoms with van der Waals surface area (Å²) in [6.45, 7) is 1.69. The van der Waals surface area contributed by atoms with Gasteiger partial charge in [0.2, 0.25) is 5.91 Å². The largest absolute Gasteiger partial charge is 0.334 e. The number of fused-ring (bicyclic) bond motifs is 1. The van der Waals surface area contributed by atoms with E-state index in [0.717, 1.165) is 22.2 Å². The molecule has 1 amide bonds. The summed E-state index contributed by atoms with van der Waals surface area (Å²) < 4.78 is 1.80. The second-order valence-electron chi connectivity index (χ2n) is 6.77. The van der Waals surface area contributed by atoms with Gasteiger partial charge in [-0.25, -0.2) is 4.68 Å². The number of hydrogen-bond acceptors (Lipinski definition) is 3. The van der Waals surface area contributed by atoms with Crippen molar-refractivity contribution in [3.8, 4) is 0 Å². The minimum atomic E-state index is 0.104. The number of carbonyl (C=O) groups is 1. The quantitative estimate of drug-likeness (QED) is 0.493. The average Bonchev–Trinajstić information content (AvgIpc) is 3.16. The number of hydrogen-bond donors (Lipinski definition) is 0. The molecule has 0 unspecified atom stereocenters. The van der Waals surface area contributed by atoms with Crippen LogP contribution in [0.3, 0.4) is 0 Å². The SMILES string of the molecule is O=C(CCn1nnc2ccccc21)N(Cc1ccccc1)Cc1ccccc1. The molecule has 0 aliphatic heterocycles. The molecule has 5 nitrogen and oxygen atoms in total. The van der Waals surface area contributed by atoms with Gasteiger partial charge in [-0.2, -0.15) is 0 Å². The minimum absolute atomic E-state index is 0.104. The van der Waals surface area contributed by atoms with Crippen LogP contribution in [0.2, 0.25) is 0 Å². The number of aryl methyl sites for hydroxylation is 1. The third-order valence-electron chi connectivity index (χ3n) is 4.74. The highest BCUT2D eigenvalue weighted by Crippen LogP contribution is 2.14. The van der Waals surface area contributed by atoms with Crippen molar-refractivity contribution < 1.29 is 4.79 Å². The van der Waals surface area contributed by atoms with Crippen molar-refractivity contribution in [2.45, 2.75) is 26.1 Å². The Morgan fingerprint density at radius 1 is 0.786 bits per heavy atom. The topological polar surface area (TPSA) is 51.0 Å². The van der Waals surface area contributed by atoms with Gasteiger partial charge in [-0.1, -0.05) is 78.0 Å². The molecule has 0 aliphatic rings. The summed E-state index contributed by atoms with van der Waals surface area (Å²) in [5, 5.41) is 8.36. The van der Waals surface area contributed by atoms with E-state index in [9.17, 15) is 4.79 Å². The summed E-state index contributed by atoms with van der Waals surface area (Å²) in [6.07, 6.45) is 0.382. The molecule has 28 heavy (non-hydrogen) atoms. The van der Waals surface area contributed by atoms with Gasteiger partial charge in [-0.15, -0.1) is 5.10 Å². The zero-order valence-corrected chi connectivity index (χ0v) is 15.6. The van der Waals surface area contributed by atoms with Crippen molar-refractivity contribution in [1.82, 2.24) is 19.9 Å². The van der Waals surface area contributed by atoms with Gasteiger partial charge in [0.1, 0.15) is 5.52 Å². The maximum absolute atomic E-state index is 13.0. The standard InChI is InChI=1S/C23H22N4O/c28-23(15-16-27-22-14-8-7-13-21(22)24-25-27)26(17-19-9-3-1-4-10-19)18-20-11-5-2-6-12-20/h1-14H,15-18H2. The lowest BCUT2D eigenvalue weighted by molar-refractivity contribution is -0.132. The van der Waals surface area contributed by atoms with E-state index < -0.39 is 0 Å². The Hall–Kier alpha value is -3.47. The number of carbonyl (C=O) groups excluding carboxylic acids is 1. The second-order valence-corrected chi connectivity index (χ2v) is 6.77. The van der Waals surface area contributed by atoms with Gasteiger partial charge in [0.25, 0.3) is 0 Å². The van der Waals surface area contributed by atoms with E-state index in [-0.39, 0.29) is 5.91 Å². The fourth-order valence-electron chi connectivity index (χ4n) is 3.28. The van der Waals surface area contributed by atoms with E-state index in [1.54, 1.807) is 4.68 Å². The molecule has 1 aromatic heterocycles. The Labute approximate surface area is 164 Å². The highest BCUT2D eigenvalue weighted by Gasteiger charge is 2.15. The van der Waals surface area contributed by atoms with Crippen molar-refractivity contribution in [3.05, 3.63) is 96.1 Å². The number of rotatable bonds is 7. The van der Waals surface area contributed by atoms with Crippen LogP contribution in [-0.4, -0.2) is 25.8 Å². The Bertz CT molecular complexity index is 1000. The average molecular weight is 370 g/mol. The third kappa shape index (κ3) is 4.26. The Balaban J connectivity index is 1.48. The molecule has 0 spiro atoms. The summed E-state index contributed by atoms with van der Waals surface area (Å²) in [6, 6.07) is 28.0. The van der Waals surface area contributed by atoms with E-state index in [4.69, 9.17) is 0 Å². The predicted octanol–water partition coefficient (Wildman–Crippen LogP) is 4.05. The van der Waals surface area contributed by atoms with Gasteiger partial charge in [0.05, 0.1) is 12.1 Å². The van der Waals surface area contributed by atoms with E-state index in [1.807, 2.05) is 65.6 Å². The van der Waals surface area contributed by atoms with Crippen LogP contribution in [0.1, 0.15) is 17.5 Å². The molecule has 0 N–H and O–H groups in total. The second kappa shape index (κ2) is 8.48. The van der Waals surface area contributed by atoms with Crippen LogP contribution in [0, 0.1) is 0 Å². The molecule has 0 radical (unpaired) electrons. The minimum Gasteiger partial charge on any atom is -0.334 e. The maximum Gasteiger partial charge on any atom is 0.225 e. The fraction of sp³-hybridized carbons (Fsp3) is 0.174.